The van der Waals surface area contributed by atoms with Gasteiger partial charge in [0.05, 0.1) is 18.4 Å². The summed E-state index contributed by atoms with van der Waals surface area (Å²) in [7, 11) is 3.40. The van der Waals surface area contributed by atoms with E-state index in [1.54, 1.807) is 12.1 Å². The molecular formula is C16H20F3N3O2. The average molecular weight is 343 g/mol. The molecule has 5 nitrogen and oxygen atoms in total. The Labute approximate surface area is 138 Å². The number of rotatable bonds is 7. The van der Waals surface area contributed by atoms with Gasteiger partial charge in [-0.25, -0.2) is 4.68 Å². The smallest absolute Gasteiger partial charge is 0.389 e. The standard InChI is InChI=1S/C16H20F3N3O2/c1-21(10-14(23)11-24-2)9-12-3-5-13(6-4-12)22-8-7-15(20-22)16(17,18)19/h3-8,14,23H,9-11H2,1-2H3. The number of hydrogen-bond donors (Lipinski definition) is 1. The molecule has 0 aliphatic carbocycles. The lowest BCUT2D eigenvalue weighted by atomic mass is 10.2. The van der Waals surface area contributed by atoms with Crippen molar-refractivity contribution in [3.05, 3.63) is 47.8 Å². The van der Waals surface area contributed by atoms with Crippen molar-refractivity contribution in [3.63, 3.8) is 0 Å². The van der Waals surface area contributed by atoms with Gasteiger partial charge < -0.3 is 9.84 Å². The van der Waals surface area contributed by atoms with Crippen LogP contribution in [0.5, 0.6) is 0 Å². The molecule has 2 aromatic rings. The fourth-order valence-electron chi connectivity index (χ4n) is 2.35. The van der Waals surface area contributed by atoms with Crippen molar-refractivity contribution < 1.29 is 23.0 Å². The molecule has 0 aliphatic heterocycles. The van der Waals surface area contributed by atoms with E-state index in [9.17, 15) is 18.3 Å². The van der Waals surface area contributed by atoms with E-state index in [2.05, 4.69) is 5.10 Å². The lowest BCUT2D eigenvalue weighted by molar-refractivity contribution is -0.141. The van der Waals surface area contributed by atoms with Gasteiger partial charge in [-0.1, -0.05) is 12.1 Å². The predicted molar refractivity (Wildman–Crippen MR) is 82.8 cm³/mol. The monoisotopic (exact) mass is 343 g/mol. The highest BCUT2D eigenvalue weighted by Crippen LogP contribution is 2.27. The second-order valence-electron chi connectivity index (χ2n) is 5.62. The van der Waals surface area contributed by atoms with Crippen LogP contribution in [-0.2, 0) is 17.5 Å². The highest BCUT2D eigenvalue weighted by molar-refractivity contribution is 5.34. The second kappa shape index (κ2) is 7.78. The molecule has 0 amide bonds. The van der Waals surface area contributed by atoms with Crippen LogP contribution in [0, 0.1) is 0 Å². The Hall–Kier alpha value is -1.90. The fourth-order valence-corrected chi connectivity index (χ4v) is 2.35. The third-order valence-electron chi connectivity index (χ3n) is 3.41. The quantitative estimate of drug-likeness (QED) is 0.838. The summed E-state index contributed by atoms with van der Waals surface area (Å²) in [5.41, 5.74) is 0.615. The van der Waals surface area contributed by atoms with Gasteiger partial charge in [0.1, 0.15) is 0 Å². The van der Waals surface area contributed by atoms with Gasteiger partial charge >= 0.3 is 6.18 Å². The third-order valence-corrected chi connectivity index (χ3v) is 3.41. The Morgan fingerprint density at radius 2 is 1.92 bits per heavy atom. The van der Waals surface area contributed by atoms with E-state index in [0.29, 0.717) is 18.8 Å². The van der Waals surface area contributed by atoms with Gasteiger partial charge in [-0.3, -0.25) is 4.90 Å². The number of ether oxygens (including phenoxy) is 1. The van der Waals surface area contributed by atoms with Gasteiger partial charge in [0.15, 0.2) is 5.69 Å². The van der Waals surface area contributed by atoms with Crippen LogP contribution >= 0.6 is 0 Å². The van der Waals surface area contributed by atoms with Gasteiger partial charge in [-0.2, -0.15) is 18.3 Å². The van der Waals surface area contributed by atoms with E-state index < -0.39 is 18.0 Å². The van der Waals surface area contributed by atoms with Gasteiger partial charge in [0.25, 0.3) is 0 Å². The first-order valence-electron chi connectivity index (χ1n) is 7.37. The van der Waals surface area contributed by atoms with Crippen LogP contribution in [0.2, 0.25) is 0 Å². The van der Waals surface area contributed by atoms with Crippen LogP contribution in [0.1, 0.15) is 11.3 Å². The molecule has 2 rings (SSSR count). The van der Waals surface area contributed by atoms with E-state index in [-0.39, 0.29) is 6.61 Å². The number of likely N-dealkylation sites (N-methyl/N-ethyl adjacent to an activating group) is 1. The molecule has 0 bridgehead atoms. The van der Waals surface area contributed by atoms with E-state index in [0.717, 1.165) is 11.6 Å². The molecule has 0 saturated heterocycles. The number of aromatic nitrogens is 2. The largest absolute Gasteiger partial charge is 0.435 e. The zero-order valence-electron chi connectivity index (χ0n) is 13.5. The van der Waals surface area contributed by atoms with E-state index >= 15 is 0 Å². The summed E-state index contributed by atoms with van der Waals surface area (Å²) in [5.74, 6) is 0. The Balaban J connectivity index is 1.99. The molecular weight excluding hydrogens is 323 g/mol. The molecule has 1 heterocycles. The molecule has 1 aromatic heterocycles. The fraction of sp³-hybridized carbons (Fsp3) is 0.438. The maximum atomic E-state index is 12.6. The van der Waals surface area contributed by atoms with E-state index in [1.807, 2.05) is 24.1 Å². The number of halogens is 3. The topological polar surface area (TPSA) is 50.5 Å². The van der Waals surface area contributed by atoms with Crippen molar-refractivity contribution in [1.29, 1.82) is 0 Å². The first kappa shape index (κ1) is 18.4. The molecule has 1 atom stereocenters. The Morgan fingerprint density at radius 1 is 1.25 bits per heavy atom. The summed E-state index contributed by atoms with van der Waals surface area (Å²) in [5, 5.41) is 13.2. The lowest BCUT2D eigenvalue weighted by Gasteiger charge is -2.20. The molecule has 0 radical (unpaired) electrons. The molecule has 8 heteroatoms. The Bertz CT molecular complexity index is 641. The molecule has 0 aliphatic rings. The molecule has 132 valence electrons. The third kappa shape index (κ3) is 5.05. The first-order valence-corrected chi connectivity index (χ1v) is 7.37. The van der Waals surface area contributed by atoms with Gasteiger partial charge in [0, 0.05) is 26.4 Å². The summed E-state index contributed by atoms with van der Waals surface area (Å²) in [6.45, 7) is 1.34. The minimum absolute atomic E-state index is 0.268. The summed E-state index contributed by atoms with van der Waals surface area (Å²) in [6.07, 6.45) is -3.73. The van der Waals surface area contributed by atoms with Crippen molar-refractivity contribution in [1.82, 2.24) is 14.7 Å². The highest BCUT2D eigenvalue weighted by Gasteiger charge is 2.33. The second-order valence-corrected chi connectivity index (χ2v) is 5.62. The van der Waals surface area contributed by atoms with Crippen molar-refractivity contribution >= 4 is 0 Å². The van der Waals surface area contributed by atoms with Crippen LogP contribution in [0.15, 0.2) is 36.5 Å². The molecule has 0 spiro atoms. The SMILES string of the molecule is COCC(O)CN(C)Cc1ccc(-n2ccc(C(F)(F)F)n2)cc1. The first-order chi connectivity index (χ1) is 11.3. The number of nitrogens with zero attached hydrogens (tertiary/aromatic N) is 3. The number of hydrogen-bond acceptors (Lipinski definition) is 4. The normalized spacial score (nSPS) is 13.5. The summed E-state index contributed by atoms with van der Waals surface area (Å²) >= 11 is 0. The molecule has 0 saturated carbocycles. The highest BCUT2D eigenvalue weighted by atomic mass is 19.4. The van der Waals surface area contributed by atoms with Crippen LogP contribution in [0.25, 0.3) is 5.69 Å². The van der Waals surface area contributed by atoms with Crippen molar-refractivity contribution in [3.8, 4) is 5.69 Å². The molecule has 1 N–H and O–H groups in total. The van der Waals surface area contributed by atoms with Crippen LogP contribution in [0.4, 0.5) is 13.2 Å². The number of benzene rings is 1. The Morgan fingerprint density at radius 3 is 2.46 bits per heavy atom. The van der Waals surface area contributed by atoms with Crippen LogP contribution in [0.3, 0.4) is 0 Å². The van der Waals surface area contributed by atoms with E-state index in [4.69, 9.17) is 4.74 Å². The lowest BCUT2D eigenvalue weighted by Crippen LogP contribution is -2.31. The maximum absolute atomic E-state index is 12.6. The minimum atomic E-state index is -4.45. The summed E-state index contributed by atoms with van der Waals surface area (Å²) in [6, 6.07) is 8.01. The zero-order chi connectivity index (χ0) is 17.7. The number of alkyl halides is 3. The molecule has 1 aromatic carbocycles. The average Bonchev–Trinajstić information content (AvgIpc) is 2.98. The minimum Gasteiger partial charge on any atom is -0.389 e. The van der Waals surface area contributed by atoms with Crippen molar-refractivity contribution in [2.24, 2.45) is 0 Å². The van der Waals surface area contributed by atoms with E-state index in [1.165, 1.54) is 18.0 Å². The van der Waals surface area contributed by atoms with Crippen LogP contribution < -0.4 is 0 Å². The predicted octanol–water partition coefficient (Wildman–Crippen LogP) is 2.33. The van der Waals surface area contributed by atoms with Gasteiger partial charge in [0.2, 0.25) is 0 Å². The van der Waals surface area contributed by atoms with Gasteiger partial charge in [-0.15, -0.1) is 0 Å². The van der Waals surface area contributed by atoms with Gasteiger partial charge in [-0.05, 0) is 30.8 Å². The van der Waals surface area contributed by atoms with Crippen molar-refractivity contribution in [2.75, 3.05) is 27.3 Å². The summed E-state index contributed by atoms with van der Waals surface area (Å²) in [4.78, 5) is 1.94. The molecule has 24 heavy (non-hydrogen) atoms. The zero-order valence-corrected chi connectivity index (χ0v) is 13.5. The molecule has 1 unspecified atom stereocenters. The molecule has 0 fully saturated rings. The number of methoxy groups -OCH3 is 1. The Kier molecular flexibility index (Phi) is 5.98. The number of aliphatic hydroxyl groups is 1. The van der Waals surface area contributed by atoms with Crippen LogP contribution in [-0.4, -0.2) is 53.2 Å². The summed E-state index contributed by atoms with van der Waals surface area (Å²) < 4.78 is 43.8. The van der Waals surface area contributed by atoms with Crippen molar-refractivity contribution in [2.45, 2.75) is 18.8 Å². The number of aliphatic hydroxyl groups excluding tert-OH is 1. The maximum Gasteiger partial charge on any atom is 0.435 e.